The lowest BCUT2D eigenvalue weighted by Crippen LogP contribution is -2.25. The molecule has 4 N–H and O–H groups in total. The Balaban J connectivity index is 2.70. The first-order valence-electron chi connectivity index (χ1n) is 4.87. The van der Waals surface area contributed by atoms with Gasteiger partial charge in [0.15, 0.2) is 0 Å². The van der Waals surface area contributed by atoms with Gasteiger partial charge in [0.2, 0.25) is 0 Å². The minimum atomic E-state index is 0.683. The van der Waals surface area contributed by atoms with E-state index >= 15 is 0 Å². The van der Waals surface area contributed by atoms with Crippen molar-refractivity contribution in [3.05, 3.63) is 29.3 Å². The summed E-state index contributed by atoms with van der Waals surface area (Å²) in [5.41, 5.74) is 14.6. The van der Waals surface area contributed by atoms with Crippen LogP contribution in [0.4, 0.5) is 5.69 Å². The number of likely N-dealkylation sites (N-methyl/N-ethyl adjacent to an activating group) is 1. The highest BCUT2D eigenvalue weighted by molar-refractivity contribution is 5.48. The van der Waals surface area contributed by atoms with E-state index < -0.39 is 0 Å². The van der Waals surface area contributed by atoms with Crippen molar-refractivity contribution in [1.29, 1.82) is 0 Å². The molecule has 0 atom stereocenters. The summed E-state index contributed by atoms with van der Waals surface area (Å²) >= 11 is 0. The van der Waals surface area contributed by atoms with Crippen molar-refractivity contribution in [1.82, 2.24) is 4.90 Å². The molecule has 0 aliphatic carbocycles. The number of nitrogen functional groups attached to an aromatic ring is 1. The van der Waals surface area contributed by atoms with E-state index in [1.807, 2.05) is 12.1 Å². The summed E-state index contributed by atoms with van der Waals surface area (Å²) in [7, 11) is 2.05. The Morgan fingerprint density at radius 3 is 2.71 bits per heavy atom. The smallest absolute Gasteiger partial charge is 0.0359 e. The highest BCUT2D eigenvalue weighted by atomic mass is 15.1. The van der Waals surface area contributed by atoms with Crippen molar-refractivity contribution in [2.45, 2.75) is 13.5 Å². The van der Waals surface area contributed by atoms with Gasteiger partial charge in [0.1, 0.15) is 0 Å². The quantitative estimate of drug-likeness (QED) is 0.700. The third-order valence-corrected chi connectivity index (χ3v) is 2.25. The third kappa shape index (κ3) is 3.01. The Labute approximate surface area is 85.7 Å². The summed E-state index contributed by atoms with van der Waals surface area (Å²) in [6, 6.07) is 6.12. The second-order valence-electron chi connectivity index (χ2n) is 3.73. The highest BCUT2D eigenvalue weighted by Crippen LogP contribution is 2.15. The zero-order chi connectivity index (χ0) is 10.6. The third-order valence-electron chi connectivity index (χ3n) is 2.25. The van der Waals surface area contributed by atoms with Gasteiger partial charge in [-0.05, 0) is 25.6 Å². The predicted octanol–water partition coefficient (Wildman–Crippen LogP) is 0.968. The second kappa shape index (κ2) is 4.98. The number of rotatable bonds is 4. The van der Waals surface area contributed by atoms with Crippen LogP contribution >= 0.6 is 0 Å². The second-order valence-corrected chi connectivity index (χ2v) is 3.73. The van der Waals surface area contributed by atoms with E-state index in [0.717, 1.165) is 18.8 Å². The van der Waals surface area contributed by atoms with Gasteiger partial charge in [0.05, 0.1) is 0 Å². The molecule has 0 heterocycles. The first-order valence-corrected chi connectivity index (χ1v) is 4.87. The molecule has 3 nitrogen and oxygen atoms in total. The largest absolute Gasteiger partial charge is 0.398 e. The lowest BCUT2D eigenvalue weighted by molar-refractivity contribution is 0.337. The van der Waals surface area contributed by atoms with Crippen molar-refractivity contribution >= 4 is 5.69 Å². The van der Waals surface area contributed by atoms with Gasteiger partial charge in [-0.3, -0.25) is 0 Å². The van der Waals surface area contributed by atoms with Gasteiger partial charge in [-0.25, -0.2) is 0 Å². The maximum atomic E-state index is 5.88. The maximum absolute atomic E-state index is 5.88. The highest BCUT2D eigenvalue weighted by Gasteiger charge is 2.02. The van der Waals surface area contributed by atoms with Crippen molar-refractivity contribution in [2.24, 2.45) is 5.73 Å². The number of hydrogen-bond acceptors (Lipinski definition) is 3. The number of aryl methyl sites for hydroxylation is 1. The number of anilines is 1. The van der Waals surface area contributed by atoms with E-state index in [1.165, 1.54) is 11.1 Å². The molecule has 0 unspecified atom stereocenters. The zero-order valence-electron chi connectivity index (χ0n) is 8.96. The molecule has 0 saturated heterocycles. The molecule has 1 aromatic rings. The summed E-state index contributed by atoms with van der Waals surface area (Å²) < 4.78 is 0. The number of nitrogens with two attached hydrogens (primary N) is 2. The first kappa shape index (κ1) is 11.0. The molecule has 0 spiro atoms. The van der Waals surface area contributed by atoms with E-state index in [9.17, 15) is 0 Å². The average molecular weight is 193 g/mol. The molecule has 78 valence electrons. The normalized spacial score (nSPS) is 10.9. The van der Waals surface area contributed by atoms with Crippen molar-refractivity contribution in [3.63, 3.8) is 0 Å². The topological polar surface area (TPSA) is 55.3 Å². The SMILES string of the molecule is Cc1ccc(N)c(CN(C)CCN)c1. The Kier molecular flexibility index (Phi) is 3.92. The molecule has 0 aliphatic heterocycles. The van der Waals surface area contributed by atoms with Gasteiger partial charge < -0.3 is 16.4 Å². The van der Waals surface area contributed by atoms with Gasteiger partial charge in [-0.1, -0.05) is 17.7 Å². The van der Waals surface area contributed by atoms with Crippen LogP contribution in [0, 0.1) is 6.92 Å². The lowest BCUT2D eigenvalue weighted by atomic mass is 10.1. The minimum Gasteiger partial charge on any atom is -0.398 e. The van der Waals surface area contributed by atoms with Crippen molar-refractivity contribution in [2.75, 3.05) is 25.9 Å². The number of hydrogen-bond donors (Lipinski definition) is 2. The Morgan fingerprint density at radius 2 is 2.07 bits per heavy atom. The summed E-state index contributed by atoms with van der Waals surface area (Å²) in [5, 5.41) is 0. The molecule has 0 amide bonds. The van der Waals surface area contributed by atoms with E-state index in [2.05, 4.69) is 24.9 Å². The Bertz CT molecular complexity index is 297. The van der Waals surface area contributed by atoms with Crippen molar-refractivity contribution < 1.29 is 0 Å². The van der Waals surface area contributed by atoms with E-state index in [4.69, 9.17) is 11.5 Å². The average Bonchev–Trinajstić information content (AvgIpc) is 2.12. The van der Waals surface area contributed by atoms with Gasteiger partial charge in [-0.15, -0.1) is 0 Å². The van der Waals surface area contributed by atoms with Gasteiger partial charge in [0, 0.05) is 25.3 Å². The molecular formula is C11H19N3. The molecular weight excluding hydrogens is 174 g/mol. The minimum absolute atomic E-state index is 0.683. The standard InChI is InChI=1S/C11H19N3/c1-9-3-4-11(13)10(7-9)8-14(2)6-5-12/h3-4,7H,5-6,8,12-13H2,1-2H3. The fourth-order valence-electron chi connectivity index (χ4n) is 1.46. The monoisotopic (exact) mass is 193 g/mol. The molecule has 0 aromatic heterocycles. The van der Waals surface area contributed by atoms with Crippen LogP contribution in [0.15, 0.2) is 18.2 Å². The fourth-order valence-corrected chi connectivity index (χ4v) is 1.46. The van der Waals surface area contributed by atoms with E-state index in [0.29, 0.717) is 6.54 Å². The van der Waals surface area contributed by atoms with Crippen LogP contribution in [-0.4, -0.2) is 25.0 Å². The molecule has 14 heavy (non-hydrogen) atoms. The fraction of sp³-hybridized carbons (Fsp3) is 0.455. The summed E-state index contributed by atoms with van der Waals surface area (Å²) in [6.07, 6.45) is 0. The van der Waals surface area contributed by atoms with Crippen LogP contribution in [-0.2, 0) is 6.54 Å². The molecule has 0 saturated carbocycles. The molecule has 0 bridgehead atoms. The zero-order valence-corrected chi connectivity index (χ0v) is 8.96. The van der Waals surface area contributed by atoms with Crippen LogP contribution in [0.2, 0.25) is 0 Å². The molecule has 3 heteroatoms. The molecule has 1 aromatic carbocycles. The molecule has 0 radical (unpaired) electrons. The molecule has 0 fully saturated rings. The number of nitrogens with zero attached hydrogens (tertiary/aromatic N) is 1. The van der Waals surface area contributed by atoms with Crippen LogP contribution in [0.5, 0.6) is 0 Å². The molecule has 0 aliphatic rings. The van der Waals surface area contributed by atoms with Gasteiger partial charge in [0.25, 0.3) is 0 Å². The maximum Gasteiger partial charge on any atom is 0.0359 e. The van der Waals surface area contributed by atoms with E-state index in [-0.39, 0.29) is 0 Å². The molecule has 1 rings (SSSR count). The van der Waals surface area contributed by atoms with Gasteiger partial charge in [-0.2, -0.15) is 0 Å². The summed E-state index contributed by atoms with van der Waals surface area (Å²) in [5.74, 6) is 0. The van der Waals surface area contributed by atoms with Crippen LogP contribution in [0.3, 0.4) is 0 Å². The van der Waals surface area contributed by atoms with Gasteiger partial charge >= 0.3 is 0 Å². The Hall–Kier alpha value is -1.06. The first-order chi connectivity index (χ1) is 6.63. The lowest BCUT2D eigenvalue weighted by Gasteiger charge is -2.17. The summed E-state index contributed by atoms with van der Waals surface area (Å²) in [6.45, 7) is 4.52. The van der Waals surface area contributed by atoms with Crippen LogP contribution in [0.1, 0.15) is 11.1 Å². The van der Waals surface area contributed by atoms with Crippen molar-refractivity contribution in [3.8, 4) is 0 Å². The van der Waals surface area contributed by atoms with Crippen LogP contribution < -0.4 is 11.5 Å². The predicted molar refractivity (Wildman–Crippen MR) is 61.0 cm³/mol. The van der Waals surface area contributed by atoms with E-state index in [1.54, 1.807) is 0 Å². The number of benzene rings is 1. The van der Waals surface area contributed by atoms with Crippen LogP contribution in [0.25, 0.3) is 0 Å². The summed E-state index contributed by atoms with van der Waals surface area (Å²) in [4.78, 5) is 2.17. The Morgan fingerprint density at radius 1 is 1.36 bits per heavy atom.